The molecule has 0 N–H and O–H groups in total. The number of morpholine rings is 1. The molecule has 1 fully saturated rings. The van der Waals surface area contributed by atoms with Crippen molar-refractivity contribution in [3.8, 4) is 11.1 Å². The number of aryl methyl sites for hydroxylation is 2. The van der Waals surface area contributed by atoms with Gasteiger partial charge in [-0.2, -0.15) is 5.10 Å². The largest absolute Gasteiger partial charge is 0.378 e. The van der Waals surface area contributed by atoms with Crippen LogP contribution in [-0.4, -0.2) is 47.6 Å². The van der Waals surface area contributed by atoms with Crippen molar-refractivity contribution in [2.24, 2.45) is 0 Å². The smallest absolute Gasteiger partial charge is 0.136 e. The van der Waals surface area contributed by atoms with Crippen molar-refractivity contribution in [2.45, 2.75) is 26.4 Å². The van der Waals surface area contributed by atoms with E-state index >= 15 is 0 Å². The van der Waals surface area contributed by atoms with Gasteiger partial charge >= 0.3 is 0 Å². The van der Waals surface area contributed by atoms with Crippen LogP contribution >= 0.6 is 0 Å². The number of hydrogen-bond acceptors (Lipinski definition) is 5. The molecule has 0 aliphatic carbocycles. The third-order valence-corrected chi connectivity index (χ3v) is 5.78. The number of ether oxygens (including phenoxy) is 1. The summed E-state index contributed by atoms with van der Waals surface area (Å²) >= 11 is 0. The van der Waals surface area contributed by atoms with Gasteiger partial charge in [0, 0.05) is 44.5 Å². The van der Waals surface area contributed by atoms with E-state index in [1.54, 1.807) is 0 Å². The molecular weight excluding hydrogens is 362 g/mol. The molecule has 0 radical (unpaired) electrons. The summed E-state index contributed by atoms with van der Waals surface area (Å²) in [7, 11) is 0. The van der Waals surface area contributed by atoms with Crippen molar-refractivity contribution < 1.29 is 4.74 Å². The lowest BCUT2D eigenvalue weighted by molar-refractivity contribution is 0.122. The van der Waals surface area contributed by atoms with Crippen LogP contribution in [-0.2, 0) is 17.8 Å². The lowest BCUT2D eigenvalue weighted by atomic mass is 10.0. The van der Waals surface area contributed by atoms with Crippen molar-refractivity contribution in [3.05, 3.63) is 59.9 Å². The Bertz CT molecular complexity index is 978. The van der Waals surface area contributed by atoms with E-state index in [-0.39, 0.29) is 0 Å². The molecule has 3 aromatic rings. The fraction of sp³-hybridized carbons (Fsp3) is 0.391. The highest BCUT2D eigenvalue weighted by molar-refractivity contribution is 5.86. The highest BCUT2D eigenvalue weighted by Crippen LogP contribution is 2.40. The fourth-order valence-electron chi connectivity index (χ4n) is 4.46. The molecule has 0 spiro atoms. The number of hydrogen-bond donors (Lipinski definition) is 0. The summed E-state index contributed by atoms with van der Waals surface area (Å²) < 4.78 is 7.74. The molecule has 1 aromatic carbocycles. The minimum Gasteiger partial charge on any atom is -0.378 e. The van der Waals surface area contributed by atoms with Gasteiger partial charge < -0.3 is 14.5 Å². The molecule has 4 heterocycles. The quantitative estimate of drug-likeness (QED) is 0.683. The second kappa shape index (κ2) is 7.87. The van der Waals surface area contributed by atoms with Crippen molar-refractivity contribution in [1.82, 2.24) is 14.8 Å². The summed E-state index contributed by atoms with van der Waals surface area (Å²) in [6, 6.07) is 14.9. The molecule has 2 aliphatic rings. The van der Waals surface area contributed by atoms with Crippen LogP contribution in [0, 0.1) is 6.92 Å². The highest BCUT2D eigenvalue weighted by atomic mass is 16.5. The molecule has 0 amide bonds. The average molecular weight is 390 g/mol. The Balaban J connectivity index is 1.58. The Labute approximate surface area is 171 Å². The van der Waals surface area contributed by atoms with E-state index in [2.05, 4.69) is 57.8 Å². The summed E-state index contributed by atoms with van der Waals surface area (Å²) in [4.78, 5) is 9.59. The second-order valence-electron chi connectivity index (χ2n) is 7.74. The molecule has 2 aromatic heterocycles. The Morgan fingerprint density at radius 2 is 1.79 bits per heavy atom. The van der Waals surface area contributed by atoms with E-state index in [1.807, 2.05) is 12.3 Å². The molecule has 29 heavy (non-hydrogen) atoms. The molecule has 0 unspecified atom stereocenters. The van der Waals surface area contributed by atoms with Crippen molar-refractivity contribution >= 4 is 11.6 Å². The van der Waals surface area contributed by atoms with Gasteiger partial charge in [-0.05, 0) is 31.0 Å². The minimum absolute atomic E-state index is 0.751. The van der Waals surface area contributed by atoms with Crippen LogP contribution in [0.25, 0.3) is 11.1 Å². The van der Waals surface area contributed by atoms with Crippen LogP contribution in [0.5, 0.6) is 0 Å². The number of anilines is 2. The van der Waals surface area contributed by atoms with E-state index in [1.165, 1.54) is 22.5 Å². The van der Waals surface area contributed by atoms with Crippen LogP contribution in [0.3, 0.4) is 0 Å². The van der Waals surface area contributed by atoms with Gasteiger partial charge in [0.25, 0.3) is 0 Å². The topological polar surface area (TPSA) is 46.4 Å². The normalized spacial score (nSPS) is 16.7. The third-order valence-electron chi connectivity index (χ3n) is 5.78. The molecule has 5 rings (SSSR count). The van der Waals surface area contributed by atoms with E-state index in [4.69, 9.17) is 14.8 Å². The molecule has 0 bridgehead atoms. The number of rotatable bonds is 4. The van der Waals surface area contributed by atoms with Crippen molar-refractivity contribution in [2.75, 3.05) is 42.6 Å². The van der Waals surface area contributed by atoms with Gasteiger partial charge in [0.05, 0.1) is 24.5 Å². The first-order valence-electron chi connectivity index (χ1n) is 10.5. The summed E-state index contributed by atoms with van der Waals surface area (Å²) in [5, 5.41) is 4.91. The average Bonchev–Trinajstić information content (AvgIpc) is 3.12. The van der Waals surface area contributed by atoms with Gasteiger partial charge in [0.15, 0.2) is 0 Å². The SMILES string of the molecule is Cc1nn2c(c1-c1cccnc1N1CCOCC1)N(Cc1ccccc1)CCC2. The molecule has 0 saturated carbocycles. The molecular formula is C23H27N5O. The van der Waals surface area contributed by atoms with Gasteiger partial charge in [-0.3, -0.25) is 0 Å². The van der Waals surface area contributed by atoms with Gasteiger partial charge in [0.2, 0.25) is 0 Å². The molecule has 2 aliphatic heterocycles. The predicted molar refractivity (Wildman–Crippen MR) is 115 cm³/mol. The first-order chi connectivity index (χ1) is 14.3. The van der Waals surface area contributed by atoms with Crippen LogP contribution in [0.15, 0.2) is 48.7 Å². The van der Waals surface area contributed by atoms with Gasteiger partial charge in [0.1, 0.15) is 11.6 Å². The maximum absolute atomic E-state index is 5.56. The Kier molecular flexibility index (Phi) is 4.94. The standard InChI is InChI=1S/C23H27N5O/c1-18-21(20-9-5-10-24-22(20)26-13-15-29-16-14-26)23-27(11-6-12-28(23)25-18)17-19-7-3-2-4-8-19/h2-5,7-10H,6,11-17H2,1H3. The highest BCUT2D eigenvalue weighted by Gasteiger charge is 2.28. The molecule has 1 saturated heterocycles. The van der Waals surface area contributed by atoms with E-state index in [0.717, 1.165) is 63.9 Å². The van der Waals surface area contributed by atoms with Crippen LogP contribution < -0.4 is 9.80 Å². The van der Waals surface area contributed by atoms with E-state index in [9.17, 15) is 0 Å². The van der Waals surface area contributed by atoms with Gasteiger partial charge in [-0.25, -0.2) is 9.67 Å². The van der Waals surface area contributed by atoms with Crippen LogP contribution in [0.4, 0.5) is 11.6 Å². The summed E-state index contributed by atoms with van der Waals surface area (Å²) in [5.41, 5.74) is 4.79. The van der Waals surface area contributed by atoms with Crippen molar-refractivity contribution in [3.63, 3.8) is 0 Å². The fourth-order valence-corrected chi connectivity index (χ4v) is 4.46. The minimum atomic E-state index is 0.751. The molecule has 6 nitrogen and oxygen atoms in total. The number of fused-ring (bicyclic) bond motifs is 1. The number of nitrogens with zero attached hydrogens (tertiary/aromatic N) is 5. The summed E-state index contributed by atoms with van der Waals surface area (Å²) in [5.74, 6) is 2.26. The lowest BCUT2D eigenvalue weighted by Gasteiger charge is -2.32. The molecule has 0 atom stereocenters. The third kappa shape index (κ3) is 3.49. The first-order valence-corrected chi connectivity index (χ1v) is 10.5. The van der Waals surface area contributed by atoms with E-state index < -0.39 is 0 Å². The maximum Gasteiger partial charge on any atom is 0.136 e. The van der Waals surface area contributed by atoms with E-state index in [0.29, 0.717) is 0 Å². The van der Waals surface area contributed by atoms with Gasteiger partial charge in [-0.1, -0.05) is 30.3 Å². The Morgan fingerprint density at radius 1 is 0.966 bits per heavy atom. The first kappa shape index (κ1) is 18.2. The number of pyridine rings is 1. The predicted octanol–water partition coefficient (Wildman–Crippen LogP) is 3.50. The summed E-state index contributed by atoms with van der Waals surface area (Å²) in [6.07, 6.45) is 3.01. The molecule has 6 heteroatoms. The zero-order chi connectivity index (χ0) is 19.6. The zero-order valence-corrected chi connectivity index (χ0v) is 16.9. The number of aromatic nitrogens is 3. The zero-order valence-electron chi connectivity index (χ0n) is 16.9. The molecule has 150 valence electrons. The Morgan fingerprint density at radius 3 is 2.62 bits per heavy atom. The van der Waals surface area contributed by atoms with Crippen LogP contribution in [0.2, 0.25) is 0 Å². The lowest BCUT2D eigenvalue weighted by Crippen LogP contribution is -2.37. The Hall–Kier alpha value is -2.86. The maximum atomic E-state index is 5.56. The second-order valence-corrected chi connectivity index (χ2v) is 7.74. The van der Waals surface area contributed by atoms with Crippen molar-refractivity contribution in [1.29, 1.82) is 0 Å². The van der Waals surface area contributed by atoms with Gasteiger partial charge in [-0.15, -0.1) is 0 Å². The number of benzene rings is 1. The summed E-state index contributed by atoms with van der Waals surface area (Å²) in [6.45, 7) is 8.28. The monoisotopic (exact) mass is 389 g/mol. The van der Waals surface area contributed by atoms with Crippen LogP contribution in [0.1, 0.15) is 17.7 Å².